The standard InChI is InChI=1S/C20H23BrN2O4S/c1-14-3-6-17(7-4-14)28(25,26)23-11-9-15(10-12-23)22-20(24)18-13-16(27-2)5-8-19(18)21/h3-8,13,15H,9-12H2,1-2H3,(H,22,24). The Hall–Kier alpha value is -1.90. The van der Waals surface area contributed by atoms with Gasteiger partial charge in [0.2, 0.25) is 10.0 Å². The molecule has 0 saturated carbocycles. The maximum absolute atomic E-state index is 12.8. The Morgan fingerprint density at radius 3 is 2.39 bits per heavy atom. The Bertz CT molecular complexity index is 953. The number of nitrogens with zero attached hydrogens (tertiary/aromatic N) is 1. The summed E-state index contributed by atoms with van der Waals surface area (Å²) in [6.07, 6.45) is 1.14. The summed E-state index contributed by atoms with van der Waals surface area (Å²) >= 11 is 3.39. The Balaban J connectivity index is 1.62. The van der Waals surface area contributed by atoms with Crippen molar-refractivity contribution in [3.8, 4) is 5.75 Å². The number of piperidine rings is 1. The van der Waals surface area contributed by atoms with E-state index in [4.69, 9.17) is 4.74 Å². The SMILES string of the molecule is COc1ccc(Br)c(C(=O)NC2CCN(S(=O)(=O)c3ccc(C)cc3)CC2)c1. The van der Waals surface area contributed by atoms with E-state index in [-0.39, 0.29) is 11.9 Å². The van der Waals surface area contributed by atoms with E-state index in [0.717, 1.165) is 5.56 Å². The number of carbonyl (C=O) groups is 1. The lowest BCUT2D eigenvalue weighted by Crippen LogP contribution is -2.46. The fourth-order valence-corrected chi connectivity index (χ4v) is 5.06. The largest absolute Gasteiger partial charge is 0.497 e. The summed E-state index contributed by atoms with van der Waals surface area (Å²) in [6.45, 7) is 2.67. The van der Waals surface area contributed by atoms with Gasteiger partial charge in [-0.2, -0.15) is 4.31 Å². The lowest BCUT2D eigenvalue weighted by atomic mass is 10.1. The second-order valence-corrected chi connectivity index (χ2v) is 9.60. The minimum atomic E-state index is -3.50. The first kappa shape index (κ1) is 20.8. The molecule has 2 aromatic carbocycles. The molecule has 1 N–H and O–H groups in total. The number of nitrogens with one attached hydrogen (secondary N) is 1. The average molecular weight is 467 g/mol. The number of benzene rings is 2. The number of carbonyl (C=O) groups excluding carboxylic acids is 1. The smallest absolute Gasteiger partial charge is 0.252 e. The average Bonchev–Trinajstić information content (AvgIpc) is 2.69. The molecule has 3 rings (SSSR count). The van der Waals surface area contributed by atoms with Gasteiger partial charge in [-0.3, -0.25) is 4.79 Å². The maximum Gasteiger partial charge on any atom is 0.252 e. The van der Waals surface area contributed by atoms with Gasteiger partial charge in [-0.1, -0.05) is 17.7 Å². The summed E-state index contributed by atoms with van der Waals surface area (Å²) < 4.78 is 32.9. The van der Waals surface area contributed by atoms with Crippen molar-refractivity contribution in [3.05, 3.63) is 58.1 Å². The van der Waals surface area contributed by atoms with E-state index < -0.39 is 10.0 Å². The van der Waals surface area contributed by atoms with Crippen LogP contribution in [0.4, 0.5) is 0 Å². The molecule has 0 radical (unpaired) electrons. The van der Waals surface area contributed by atoms with Gasteiger partial charge in [0.1, 0.15) is 5.75 Å². The lowest BCUT2D eigenvalue weighted by molar-refractivity contribution is 0.0922. The van der Waals surface area contributed by atoms with Crippen molar-refractivity contribution in [2.45, 2.75) is 30.7 Å². The van der Waals surface area contributed by atoms with Crippen molar-refractivity contribution in [1.29, 1.82) is 0 Å². The van der Waals surface area contributed by atoms with Gasteiger partial charge < -0.3 is 10.1 Å². The molecule has 0 bridgehead atoms. The molecular formula is C20H23BrN2O4S. The van der Waals surface area contributed by atoms with Crippen LogP contribution >= 0.6 is 15.9 Å². The van der Waals surface area contributed by atoms with Crippen LogP contribution in [0.5, 0.6) is 5.75 Å². The third-order valence-corrected chi connectivity index (χ3v) is 7.47. The summed E-state index contributed by atoms with van der Waals surface area (Å²) in [4.78, 5) is 12.9. The summed E-state index contributed by atoms with van der Waals surface area (Å²) in [6, 6.07) is 12.0. The van der Waals surface area contributed by atoms with Crippen molar-refractivity contribution < 1.29 is 17.9 Å². The minimum Gasteiger partial charge on any atom is -0.497 e. The monoisotopic (exact) mass is 466 g/mol. The van der Waals surface area contributed by atoms with Gasteiger partial charge in [-0.05, 0) is 66.0 Å². The van der Waals surface area contributed by atoms with Gasteiger partial charge in [0.25, 0.3) is 5.91 Å². The van der Waals surface area contributed by atoms with Crippen LogP contribution in [0.2, 0.25) is 0 Å². The molecule has 1 fully saturated rings. The third-order valence-electron chi connectivity index (χ3n) is 4.87. The summed E-state index contributed by atoms with van der Waals surface area (Å²) in [5.74, 6) is 0.401. The molecule has 0 aliphatic carbocycles. The predicted molar refractivity (Wildman–Crippen MR) is 111 cm³/mol. The van der Waals surface area contributed by atoms with Crippen LogP contribution < -0.4 is 10.1 Å². The van der Waals surface area contributed by atoms with E-state index in [2.05, 4.69) is 21.2 Å². The molecule has 8 heteroatoms. The summed E-state index contributed by atoms with van der Waals surface area (Å²) in [7, 11) is -1.95. The van der Waals surface area contributed by atoms with Crippen LogP contribution in [0.3, 0.4) is 0 Å². The molecule has 2 aromatic rings. The molecule has 0 unspecified atom stereocenters. The molecule has 1 amide bonds. The Morgan fingerprint density at radius 2 is 1.79 bits per heavy atom. The molecule has 1 heterocycles. The van der Waals surface area contributed by atoms with E-state index in [9.17, 15) is 13.2 Å². The van der Waals surface area contributed by atoms with Crippen LogP contribution in [-0.4, -0.2) is 44.9 Å². The Kier molecular flexibility index (Phi) is 6.42. The van der Waals surface area contributed by atoms with E-state index in [1.54, 1.807) is 49.6 Å². The topological polar surface area (TPSA) is 75.7 Å². The number of sulfonamides is 1. The highest BCUT2D eigenvalue weighted by molar-refractivity contribution is 9.10. The zero-order chi connectivity index (χ0) is 20.3. The second-order valence-electron chi connectivity index (χ2n) is 6.81. The first-order valence-electron chi connectivity index (χ1n) is 9.02. The van der Waals surface area contributed by atoms with Crippen LogP contribution in [0.25, 0.3) is 0 Å². The summed E-state index contributed by atoms with van der Waals surface area (Å²) in [5, 5.41) is 3.00. The number of rotatable bonds is 5. The highest BCUT2D eigenvalue weighted by atomic mass is 79.9. The van der Waals surface area contributed by atoms with Gasteiger partial charge in [0.05, 0.1) is 17.6 Å². The molecule has 0 spiro atoms. The maximum atomic E-state index is 12.8. The molecule has 0 aromatic heterocycles. The van der Waals surface area contributed by atoms with E-state index in [0.29, 0.717) is 46.6 Å². The molecule has 0 atom stereocenters. The normalized spacial score (nSPS) is 16.0. The van der Waals surface area contributed by atoms with Crippen molar-refractivity contribution in [2.75, 3.05) is 20.2 Å². The van der Waals surface area contributed by atoms with Gasteiger partial charge in [0, 0.05) is 23.6 Å². The van der Waals surface area contributed by atoms with Crippen LogP contribution in [0.15, 0.2) is 51.8 Å². The molecular weight excluding hydrogens is 444 g/mol. The van der Waals surface area contributed by atoms with Gasteiger partial charge in [0.15, 0.2) is 0 Å². The Morgan fingerprint density at radius 1 is 1.14 bits per heavy atom. The first-order chi connectivity index (χ1) is 13.3. The highest BCUT2D eigenvalue weighted by Crippen LogP contribution is 2.24. The molecule has 6 nitrogen and oxygen atoms in total. The number of ether oxygens (including phenoxy) is 1. The van der Waals surface area contributed by atoms with E-state index in [1.165, 1.54) is 4.31 Å². The quantitative estimate of drug-likeness (QED) is 0.732. The van der Waals surface area contributed by atoms with Crippen molar-refractivity contribution >= 4 is 31.9 Å². The zero-order valence-corrected chi connectivity index (χ0v) is 18.2. The highest BCUT2D eigenvalue weighted by Gasteiger charge is 2.30. The molecule has 1 aliphatic heterocycles. The Labute approximate surface area is 174 Å². The number of methoxy groups -OCH3 is 1. The number of amides is 1. The van der Waals surface area contributed by atoms with E-state index in [1.807, 2.05) is 6.92 Å². The van der Waals surface area contributed by atoms with Crippen LogP contribution in [-0.2, 0) is 10.0 Å². The summed E-state index contributed by atoms with van der Waals surface area (Å²) in [5.41, 5.74) is 1.51. The zero-order valence-electron chi connectivity index (χ0n) is 15.8. The minimum absolute atomic E-state index is 0.0740. The second kappa shape index (κ2) is 8.63. The molecule has 150 valence electrons. The molecule has 1 saturated heterocycles. The lowest BCUT2D eigenvalue weighted by Gasteiger charge is -2.31. The van der Waals surface area contributed by atoms with Crippen molar-refractivity contribution in [1.82, 2.24) is 9.62 Å². The predicted octanol–water partition coefficient (Wildman–Crippen LogP) is 3.35. The molecule has 28 heavy (non-hydrogen) atoms. The van der Waals surface area contributed by atoms with E-state index >= 15 is 0 Å². The van der Waals surface area contributed by atoms with Crippen molar-refractivity contribution in [3.63, 3.8) is 0 Å². The first-order valence-corrected chi connectivity index (χ1v) is 11.3. The van der Waals surface area contributed by atoms with Crippen LogP contribution in [0, 0.1) is 6.92 Å². The number of hydrogen-bond acceptors (Lipinski definition) is 4. The number of aryl methyl sites for hydroxylation is 1. The van der Waals surface area contributed by atoms with Crippen LogP contribution in [0.1, 0.15) is 28.8 Å². The van der Waals surface area contributed by atoms with Gasteiger partial charge >= 0.3 is 0 Å². The van der Waals surface area contributed by atoms with Gasteiger partial charge in [-0.15, -0.1) is 0 Å². The van der Waals surface area contributed by atoms with Gasteiger partial charge in [-0.25, -0.2) is 8.42 Å². The fraction of sp³-hybridized carbons (Fsp3) is 0.350. The molecule has 1 aliphatic rings. The fourth-order valence-electron chi connectivity index (χ4n) is 3.17. The third kappa shape index (κ3) is 4.56. The number of halogens is 1. The number of hydrogen-bond donors (Lipinski definition) is 1. The van der Waals surface area contributed by atoms with Crippen molar-refractivity contribution in [2.24, 2.45) is 0 Å².